The van der Waals surface area contributed by atoms with Gasteiger partial charge < -0.3 is 15.4 Å². The van der Waals surface area contributed by atoms with Crippen LogP contribution in [0.3, 0.4) is 0 Å². The molecule has 0 spiro atoms. The third kappa shape index (κ3) is 3.01. The van der Waals surface area contributed by atoms with Crippen LogP contribution in [0.4, 0.5) is 0 Å². The molecule has 1 aliphatic heterocycles. The van der Waals surface area contributed by atoms with Crippen LogP contribution in [0.2, 0.25) is 0 Å². The summed E-state index contributed by atoms with van der Waals surface area (Å²) in [6.45, 7) is 5.16. The van der Waals surface area contributed by atoms with Crippen LogP contribution in [0.5, 0.6) is 5.75 Å². The van der Waals surface area contributed by atoms with E-state index in [1.165, 1.54) is 0 Å². The molecule has 1 unspecified atom stereocenters. The van der Waals surface area contributed by atoms with E-state index in [4.69, 9.17) is 10.5 Å². The zero-order chi connectivity index (χ0) is 13.1. The van der Waals surface area contributed by atoms with Crippen molar-refractivity contribution in [2.75, 3.05) is 13.1 Å². The number of amides is 1. The third-order valence-corrected chi connectivity index (χ3v) is 3.19. The summed E-state index contributed by atoms with van der Waals surface area (Å²) in [5.74, 6) is 0.754. The van der Waals surface area contributed by atoms with Crippen molar-refractivity contribution < 1.29 is 9.53 Å². The van der Waals surface area contributed by atoms with Crippen molar-refractivity contribution >= 4 is 5.91 Å². The van der Waals surface area contributed by atoms with E-state index in [9.17, 15) is 4.79 Å². The molecule has 0 aromatic heterocycles. The van der Waals surface area contributed by atoms with Crippen LogP contribution in [0.1, 0.15) is 18.9 Å². The highest BCUT2D eigenvalue weighted by atomic mass is 16.5. The van der Waals surface area contributed by atoms with E-state index in [1.807, 2.05) is 31.2 Å². The van der Waals surface area contributed by atoms with Gasteiger partial charge in [-0.3, -0.25) is 4.79 Å². The number of ether oxygens (including phenoxy) is 1. The molecule has 98 valence electrons. The van der Waals surface area contributed by atoms with Crippen LogP contribution in [0.25, 0.3) is 0 Å². The minimum absolute atomic E-state index is 0.0180. The number of carbonyl (C=O) groups is 1. The van der Waals surface area contributed by atoms with E-state index in [2.05, 4.69) is 0 Å². The Hall–Kier alpha value is -1.55. The Morgan fingerprint density at radius 1 is 1.56 bits per heavy atom. The predicted octanol–water partition coefficient (Wildman–Crippen LogP) is 1.32. The van der Waals surface area contributed by atoms with Crippen LogP contribution in [-0.4, -0.2) is 36.0 Å². The molecule has 4 nitrogen and oxygen atoms in total. The molecule has 0 aliphatic carbocycles. The van der Waals surface area contributed by atoms with Gasteiger partial charge in [0.2, 0.25) is 0 Å². The van der Waals surface area contributed by atoms with Gasteiger partial charge in [0.25, 0.3) is 5.91 Å². The Kier molecular flexibility index (Phi) is 3.87. The molecular weight excluding hydrogens is 228 g/mol. The molecule has 1 fully saturated rings. The Labute approximate surface area is 108 Å². The maximum atomic E-state index is 12.1. The molecule has 4 heteroatoms. The topological polar surface area (TPSA) is 55.6 Å². The summed E-state index contributed by atoms with van der Waals surface area (Å²) in [5, 5.41) is 0. The van der Waals surface area contributed by atoms with E-state index in [0.717, 1.165) is 24.3 Å². The number of hydrogen-bond acceptors (Lipinski definition) is 3. The van der Waals surface area contributed by atoms with Crippen molar-refractivity contribution in [2.45, 2.75) is 32.4 Å². The summed E-state index contributed by atoms with van der Waals surface area (Å²) in [6.07, 6.45) is 0.417. The van der Waals surface area contributed by atoms with Gasteiger partial charge in [-0.25, -0.2) is 0 Å². The fourth-order valence-corrected chi connectivity index (χ4v) is 2.19. The summed E-state index contributed by atoms with van der Waals surface area (Å²) in [4.78, 5) is 13.9. The molecule has 1 heterocycles. The number of rotatable bonds is 3. The highest BCUT2D eigenvalue weighted by molar-refractivity contribution is 5.81. The maximum Gasteiger partial charge on any atom is 0.263 e. The zero-order valence-corrected chi connectivity index (χ0v) is 10.9. The second-order valence-corrected chi connectivity index (χ2v) is 4.91. The first-order valence-electron chi connectivity index (χ1n) is 6.34. The number of hydrogen-bond donors (Lipinski definition) is 1. The van der Waals surface area contributed by atoms with Crippen molar-refractivity contribution in [3.05, 3.63) is 29.8 Å². The van der Waals surface area contributed by atoms with Crippen molar-refractivity contribution in [3.63, 3.8) is 0 Å². The molecular formula is C14H20N2O2. The quantitative estimate of drug-likeness (QED) is 0.877. The second kappa shape index (κ2) is 5.40. The molecule has 1 amide bonds. The SMILES string of the molecule is Cc1cccc(OC(C)C(=O)N2CC[C@@H](N)C2)c1. The van der Waals surface area contributed by atoms with Crippen LogP contribution in [-0.2, 0) is 4.79 Å². The summed E-state index contributed by atoms with van der Waals surface area (Å²) in [6, 6.07) is 7.83. The number of nitrogens with two attached hydrogens (primary N) is 1. The first-order valence-corrected chi connectivity index (χ1v) is 6.34. The molecule has 2 atom stereocenters. The minimum atomic E-state index is -0.461. The fourth-order valence-electron chi connectivity index (χ4n) is 2.19. The average molecular weight is 248 g/mol. The molecule has 1 saturated heterocycles. The highest BCUT2D eigenvalue weighted by Crippen LogP contribution is 2.16. The molecule has 0 saturated carbocycles. The molecule has 2 N–H and O–H groups in total. The zero-order valence-electron chi connectivity index (χ0n) is 10.9. The monoisotopic (exact) mass is 248 g/mol. The highest BCUT2D eigenvalue weighted by Gasteiger charge is 2.28. The Morgan fingerprint density at radius 3 is 2.94 bits per heavy atom. The van der Waals surface area contributed by atoms with E-state index in [1.54, 1.807) is 11.8 Å². The predicted molar refractivity (Wildman–Crippen MR) is 70.4 cm³/mol. The van der Waals surface area contributed by atoms with Crippen molar-refractivity contribution in [1.29, 1.82) is 0 Å². The molecule has 0 radical (unpaired) electrons. The maximum absolute atomic E-state index is 12.1. The van der Waals surface area contributed by atoms with Crippen molar-refractivity contribution in [1.82, 2.24) is 4.90 Å². The standard InChI is InChI=1S/C14H20N2O2/c1-10-4-3-5-13(8-10)18-11(2)14(17)16-7-6-12(15)9-16/h3-5,8,11-12H,6-7,9,15H2,1-2H3/t11?,12-/m1/s1. The summed E-state index contributed by atoms with van der Waals surface area (Å²) < 4.78 is 5.67. The lowest BCUT2D eigenvalue weighted by Crippen LogP contribution is -2.40. The number of carbonyl (C=O) groups excluding carboxylic acids is 1. The molecule has 18 heavy (non-hydrogen) atoms. The number of benzene rings is 1. The van der Waals surface area contributed by atoms with Gasteiger partial charge in [-0.1, -0.05) is 12.1 Å². The Morgan fingerprint density at radius 2 is 2.33 bits per heavy atom. The van der Waals surface area contributed by atoms with Crippen LogP contribution in [0.15, 0.2) is 24.3 Å². The summed E-state index contributed by atoms with van der Waals surface area (Å²) >= 11 is 0. The molecule has 1 aromatic rings. The lowest BCUT2D eigenvalue weighted by atomic mass is 10.2. The normalized spacial score (nSPS) is 20.8. The summed E-state index contributed by atoms with van der Waals surface area (Å²) in [7, 11) is 0. The number of aryl methyl sites for hydroxylation is 1. The average Bonchev–Trinajstić information content (AvgIpc) is 2.75. The van der Waals surface area contributed by atoms with Gasteiger partial charge in [-0.2, -0.15) is 0 Å². The first kappa shape index (κ1) is 12.9. The molecule has 1 aromatic carbocycles. The van der Waals surface area contributed by atoms with Gasteiger partial charge >= 0.3 is 0 Å². The van der Waals surface area contributed by atoms with E-state index < -0.39 is 6.10 Å². The van der Waals surface area contributed by atoms with Gasteiger partial charge in [-0.05, 0) is 38.0 Å². The van der Waals surface area contributed by atoms with Crippen molar-refractivity contribution in [3.8, 4) is 5.75 Å². The smallest absolute Gasteiger partial charge is 0.263 e. The van der Waals surface area contributed by atoms with Gasteiger partial charge in [0.05, 0.1) is 0 Å². The lowest BCUT2D eigenvalue weighted by molar-refractivity contribution is -0.136. The van der Waals surface area contributed by atoms with Crippen molar-refractivity contribution in [2.24, 2.45) is 5.73 Å². The van der Waals surface area contributed by atoms with Gasteiger partial charge in [0.15, 0.2) is 6.10 Å². The second-order valence-electron chi connectivity index (χ2n) is 4.91. The van der Waals surface area contributed by atoms with E-state index >= 15 is 0 Å². The van der Waals surface area contributed by atoms with E-state index in [-0.39, 0.29) is 11.9 Å². The molecule has 0 bridgehead atoms. The largest absolute Gasteiger partial charge is 0.481 e. The molecule has 2 rings (SSSR count). The first-order chi connectivity index (χ1) is 8.56. The van der Waals surface area contributed by atoms with Crippen LogP contribution in [0, 0.1) is 6.92 Å². The molecule has 1 aliphatic rings. The lowest BCUT2D eigenvalue weighted by Gasteiger charge is -2.21. The van der Waals surface area contributed by atoms with Crippen LogP contribution < -0.4 is 10.5 Å². The number of nitrogens with zero attached hydrogens (tertiary/aromatic N) is 1. The Bertz CT molecular complexity index is 434. The Balaban J connectivity index is 1.95. The minimum Gasteiger partial charge on any atom is -0.481 e. The van der Waals surface area contributed by atoms with Gasteiger partial charge in [-0.15, -0.1) is 0 Å². The van der Waals surface area contributed by atoms with Crippen LogP contribution >= 0.6 is 0 Å². The fraction of sp³-hybridized carbons (Fsp3) is 0.500. The third-order valence-electron chi connectivity index (χ3n) is 3.19. The van der Waals surface area contributed by atoms with Gasteiger partial charge in [0.1, 0.15) is 5.75 Å². The number of likely N-dealkylation sites (tertiary alicyclic amines) is 1. The van der Waals surface area contributed by atoms with Gasteiger partial charge in [0, 0.05) is 19.1 Å². The van der Waals surface area contributed by atoms with E-state index in [0.29, 0.717) is 6.54 Å². The summed E-state index contributed by atoms with van der Waals surface area (Å²) in [5.41, 5.74) is 6.92.